The quantitative estimate of drug-likeness (QED) is 0.167. The van der Waals surface area contributed by atoms with Gasteiger partial charge in [0.2, 0.25) is 5.91 Å². The largest absolute Gasteiger partial charge is 0.444 e. The third kappa shape index (κ3) is 8.29. The molecule has 5 aromatic rings. The Balaban J connectivity index is 1.16. The van der Waals surface area contributed by atoms with Crippen LogP contribution in [0.2, 0.25) is 0 Å². The molecule has 6 rings (SSSR count). The number of nitrogens with zero attached hydrogens (tertiary/aromatic N) is 3. The van der Waals surface area contributed by atoms with Crippen molar-refractivity contribution < 1.29 is 27.8 Å². The van der Waals surface area contributed by atoms with Crippen LogP contribution in [0.1, 0.15) is 68.1 Å². The number of pyridine rings is 1. The molecule has 1 aliphatic rings. The van der Waals surface area contributed by atoms with Crippen LogP contribution in [0.3, 0.4) is 0 Å². The maximum Gasteiger partial charge on any atom is 0.411 e. The van der Waals surface area contributed by atoms with Crippen molar-refractivity contribution in [2.45, 2.75) is 63.7 Å². The van der Waals surface area contributed by atoms with Gasteiger partial charge in [-0.15, -0.1) is 0 Å². The van der Waals surface area contributed by atoms with Crippen molar-refractivity contribution >= 4 is 28.7 Å². The third-order valence-electron chi connectivity index (χ3n) is 8.48. The summed E-state index contributed by atoms with van der Waals surface area (Å²) in [5.41, 5.74) is 3.13. The monoisotopic (exact) mass is 667 g/mol. The van der Waals surface area contributed by atoms with Crippen molar-refractivity contribution in [3.05, 3.63) is 125 Å². The second-order valence-corrected chi connectivity index (χ2v) is 13.2. The number of ether oxygens (including phenoxy) is 2. The van der Waals surface area contributed by atoms with E-state index in [4.69, 9.17) is 14.5 Å². The second kappa shape index (κ2) is 14.5. The molecule has 0 aliphatic carbocycles. The number of para-hydroxylation sites is 2. The van der Waals surface area contributed by atoms with Gasteiger partial charge in [-0.05, 0) is 69.0 Å². The predicted molar refractivity (Wildman–Crippen MR) is 182 cm³/mol. The Morgan fingerprint density at radius 2 is 1.71 bits per heavy atom. The molecule has 2 N–H and O–H groups in total. The number of carbonyl (C=O) groups excluding carboxylic acids is 2. The maximum absolute atomic E-state index is 15.3. The van der Waals surface area contributed by atoms with E-state index in [0.29, 0.717) is 12.2 Å². The number of amides is 2. The number of halogens is 2. The van der Waals surface area contributed by atoms with Gasteiger partial charge in [0, 0.05) is 17.9 Å². The molecule has 0 spiro atoms. The van der Waals surface area contributed by atoms with Crippen molar-refractivity contribution in [3.63, 3.8) is 0 Å². The van der Waals surface area contributed by atoms with Crippen molar-refractivity contribution in [2.75, 3.05) is 18.5 Å². The van der Waals surface area contributed by atoms with E-state index in [1.165, 1.54) is 18.3 Å². The fourth-order valence-electron chi connectivity index (χ4n) is 6.09. The number of H-pyrrole nitrogens is 1. The highest BCUT2D eigenvalue weighted by Crippen LogP contribution is 2.32. The number of fused-ring (bicyclic) bond motifs is 1. The molecule has 0 radical (unpaired) electrons. The average molecular weight is 668 g/mol. The minimum absolute atomic E-state index is 0.0470. The number of carbonyl (C=O) groups is 2. The highest BCUT2D eigenvalue weighted by atomic mass is 19.1. The van der Waals surface area contributed by atoms with Gasteiger partial charge in [-0.2, -0.15) is 0 Å². The number of rotatable bonds is 9. The molecule has 0 bridgehead atoms. The topological polar surface area (TPSA) is 109 Å². The zero-order chi connectivity index (χ0) is 34.5. The molecular weight excluding hydrogens is 628 g/mol. The molecule has 0 saturated carbocycles. The highest BCUT2D eigenvalue weighted by molar-refractivity contribution is 5.92. The van der Waals surface area contributed by atoms with Crippen molar-refractivity contribution in [1.82, 2.24) is 19.9 Å². The lowest BCUT2D eigenvalue weighted by Gasteiger charge is -2.39. The molecule has 0 unspecified atom stereocenters. The molecule has 49 heavy (non-hydrogen) atoms. The van der Waals surface area contributed by atoms with E-state index in [9.17, 15) is 14.0 Å². The van der Waals surface area contributed by atoms with Crippen molar-refractivity contribution in [1.29, 1.82) is 0 Å². The molecule has 1 fully saturated rings. The van der Waals surface area contributed by atoms with Crippen LogP contribution in [-0.4, -0.2) is 56.7 Å². The minimum Gasteiger partial charge on any atom is -0.444 e. The van der Waals surface area contributed by atoms with E-state index in [-0.39, 0.29) is 54.9 Å². The number of hydrogen-bond donors (Lipinski definition) is 2. The summed E-state index contributed by atoms with van der Waals surface area (Å²) in [6.07, 6.45) is 2.23. The summed E-state index contributed by atoms with van der Waals surface area (Å²) in [6, 6.07) is 22.7. The maximum atomic E-state index is 15.3. The van der Waals surface area contributed by atoms with E-state index in [2.05, 4.69) is 15.3 Å². The van der Waals surface area contributed by atoms with Crippen LogP contribution in [-0.2, 0) is 20.7 Å². The first kappa shape index (κ1) is 33.7. The van der Waals surface area contributed by atoms with Gasteiger partial charge < -0.3 is 19.8 Å². The van der Waals surface area contributed by atoms with Crippen LogP contribution in [0.5, 0.6) is 0 Å². The molecule has 1 saturated heterocycles. The van der Waals surface area contributed by atoms with Gasteiger partial charge in [0.05, 0.1) is 48.4 Å². The van der Waals surface area contributed by atoms with E-state index in [1.807, 2.05) is 75.4 Å². The van der Waals surface area contributed by atoms with Gasteiger partial charge in [-0.1, -0.05) is 54.6 Å². The highest BCUT2D eigenvalue weighted by Gasteiger charge is 2.37. The molecule has 11 heteroatoms. The van der Waals surface area contributed by atoms with Crippen LogP contribution in [0.15, 0.2) is 91.3 Å². The molecule has 1 aliphatic heterocycles. The van der Waals surface area contributed by atoms with Gasteiger partial charge in [-0.25, -0.2) is 18.6 Å². The van der Waals surface area contributed by atoms with Gasteiger partial charge in [0.15, 0.2) is 0 Å². The summed E-state index contributed by atoms with van der Waals surface area (Å²) in [5.74, 6) is -1.02. The van der Waals surface area contributed by atoms with Crippen LogP contribution >= 0.6 is 0 Å². The van der Waals surface area contributed by atoms with Crippen LogP contribution in [0.4, 0.5) is 19.3 Å². The summed E-state index contributed by atoms with van der Waals surface area (Å²) >= 11 is 0. The Bertz CT molecular complexity index is 1880. The Hall–Kier alpha value is -5.16. The standard InChI is InChI=1S/C38H39F2N5O4/c1-38(2,3)49-37(47)45-22-27(48-23-34(45)36-43-31-11-7-8-12-32(31)44-36)17-18-28-30(40)20-41-21-33(28)42-35(46)19-29(24-9-5-4-6-10-24)25-13-15-26(39)16-14-25/h4-16,20-21,27,29,34H,17-19,22-23H2,1-3H3,(H,42,46)(H,43,44)/t27-,29-,34+/m1/s1. The molecule has 3 atom stereocenters. The summed E-state index contributed by atoms with van der Waals surface area (Å²) in [4.78, 5) is 40.5. The Morgan fingerprint density at radius 3 is 2.45 bits per heavy atom. The first-order valence-electron chi connectivity index (χ1n) is 16.3. The predicted octanol–water partition coefficient (Wildman–Crippen LogP) is 7.71. The summed E-state index contributed by atoms with van der Waals surface area (Å²) in [6.45, 7) is 5.78. The Morgan fingerprint density at radius 1 is 1.00 bits per heavy atom. The fourth-order valence-corrected chi connectivity index (χ4v) is 6.09. The lowest BCUT2D eigenvalue weighted by atomic mass is 9.88. The number of anilines is 1. The average Bonchev–Trinajstić information content (AvgIpc) is 3.51. The van der Waals surface area contributed by atoms with Crippen LogP contribution in [0.25, 0.3) is 11.0 Å². The minimum atomic E-state index is -0.715. The second-order valence-electron chi connectivity index (χ2n) is 13.2. The smallest absolute Gasteiger partial charge is 0.411 e. The SMILES string of the molecule is CC(C)(C)OC(=O)N1C[C@@H](CCc2c(F)cncc2NC(=O)C[C@H](c2ccccc2)c2ccc(F)cc2)OC[C@H]1c1nc2ccccc2[nH]1. The third-order valence-corrected chi connectivity index (χ3v) is 8.48. The van der Waals surface area contributed by atoms with Crippen molar-refractivity contribution in [3.8, 4) is 0 Å². The number of nitrogens with one attached hydrogen (secondary N) is 2. The van der Waals surface area contributed by atoms with Crippen molar-refractivity contribution in [2.24, 2.45) is 0 Å². The lowest BCUT2D eigenvalue weighted by Crippen LogP contribution is -2.49. The zero-order valence-electron chi connectivity index (χ0n) is 27.7. The lowest BCUT2D eigenvalue weighted by molar-refractivity contribution is -0.116. The molecular formula is C38H39F2N5O4. The van der Waals surface area contributed by atoms with Gasteiger partial charge >= 0.3 is 6.09 Å². The summed E-state index contributed by atoms with van der Waals surface area (Å²) in [5, 5.41) is 2.86. The number of aromatic nitrogens is 3. The number of hydrogen-bond acceptors (Lipinski definition) is 6. The van der Waals surface area contributed by atoms with Gasteiger partial charge in [-0.3, -0.25) is 14.7 Å². The molecule has 254 valence electrons. The molecule has 2 aromatic heterocycles. The number of aromatic amines is 1. The van der Waals surface area contributed by atoms with Crippen LogP contribution in [0, 0.1) is 11.6 Å². The zero-order valence-corrected chi connectivity index (χ0v) is 27.7. The number of morpholine rings is 1. The van der Waals surface area contributed by atoms with E-state index >= 15 is 4.39 Å². The molecule has 2 amide bonds. The summed E-state index contributed by atoms with van der Waals surface area (Å²) in [7, 11) is 0. The van der Waals surface area contributed by atoms with E-state index < -0.39 is 29.7 Å². The van der Waals surface area contributed by atoms with Crippen LogP contribution < -0.4 is 5.32 Å². The molecule has 9 nitrogen and oxygen atoms in total. The molecule has 3 aromatic carbocycles. The Labute approximate surface area is 283 Å². The normalized spacial score (nSPS) is 17.1. The first-order valence-corrected chi connectivity index (χ1v) is 16.3. The fraction of sp³-hybridized carbons (Fsp3) is 0.316. The Kier molecular flexibility index (Phi) is 10.0. The molecule has 3 heterocycles. The summed E-state index contributed by atoms with van der Waals surface area (Å²) < 4.78 is 41.0. The first-order chi connectivity index (χ1) is 23.5. The number of benzene rings is 3. The number of imidazole rings is 1. The van der Waals surface area contributed by atoms with Gasteiger partial charge in [0.25, 0.3) is 0 Å². The van der Waals surface area contributed by atoms with E-state index in [0.717, 1.165) is 28.4 Å². The van der Waals surface area contributed by atoms with Gasteiger partial charge in [0.1, 0.15) is 29.1 Å². The van der Waals surface area contributed by atoms with E-state index in [1.54, 1.807) is 17.0 Å².